The summed E-state index contributed by atoms with van der Waals surface area (Å²) in [5.74, 6) is 0.503. The van der Waals surface area contributed by atoms with Crippen molar-refractivity contribution in [2.24, 2.45) is 0 Å². The first kappa shape index (κ1) is 24.3. The fraction of sp³-hybridized carbons (Fsp3) is 0.520. The zero-order valence-corrected chi connectivity index (χ0v) is 20.0. The number of halogens is 2. The van der Waals surface area contributed by atoms with Crippen LogP contribution in [0.25, 0.3) is 0 Å². The number of hydrogen-bond acceptors (Lipinski definition) is 1. The van der Waals surface area contributed by atoms with E-state index in [2.05, 4.69) is 69.5 Å². The second kappa shape index (κ2) is 12.7. The molecule has 0 saturated carbocycles. The molecule has 0 fully saturated rings. The average molecular weight is 432 g/mol. The Labute approximate surface area is 188 Å². The molecule has 4 heteroatoms. The minimum Gasteiger partial charge on any atom is -0.320 e. The van der Waals surface area contributed by atoms with Gasteiger partial charge in [-0.05, 0) is 56.5 Å². The summed E-state index contributed by atoms with van der Waals surface area (Å²) in [4.78, 5) is 0. The summed E-state index contributed by atoms with van der Waals surface area (Å²) in [7, 11) is 2.05. The van der Waals surface area contributed by atoms with Gasteiger partial charge in [0.15, 0.2) is 0 Å². The Bertz CT molecular complexity index is 711. The smallest absolute Gasteiger partial charge is 0.213 e. The highest BCUT2D eigenvalue weighted by Gasteiger charge is 2.29. The summed E-state index contributed by atoms with van der Waals surface area (Å²) in [6.45, 7) is 7.66. The van der Waals surface area contributed by atoms with Crippen molar-refractivity contribution in [3.8, 4) is 0 Å². The lowest BCUT2D eigenvalue weighted by Gasteiger charge is -2.26. The van der Waals surface area contributed by atoms with Gasteiger partial charge in [0, 0.05) is 10.0 Å². The van der Waals surface area contributed by atoms with Crippen molar-refractivity contribution >= 4 is 40.8 Å². The van der Waals surface area contributed by atoms with Crippen molar-refractivity contribution in [3.63, 3.8) is 0 Å². The third-order valence-electron chi connectivity index (χ3n) is 5.98. The maximum atomic E-state index is 6.52. The van der Waals surface area contributed by atoms with Crippen molar-refractivity contribution in [2.75, 3.05) is 13.6 Å². The van der Waals surface area contributed by atoms with Crippen molar-refractivity contribution < 1.29 is 0 Å². The van der Waals surface area contributed by atoms with E-state index < -0.39 is 0 Å². The maximum Gasteiger partial charge on any atom is 0.213 e. The molecule has 0 radical (unpaired) electrons. The van der Waals surface area contributed by atoms with Gasteiger partial charge in [0.05, 0.1) is 0 Å². The summed E-state index contributed by atoms with van der Waals surface area (Å²) in [6.07, 6.45) is 9.14. The number of benzene rings is 2. The van der Waals surface area contributed by atoms with Gasteiger partial charge in [-0.3, -0.25) is 0 Å². The summed E-state index contributed by atoms with van der Waals surface area (Å²) in [5, 5.41) is 5.12. The molecule has 0 aliphatic heterocycles. The first-order valence-corrected chi connectivity index (χ1v) is 11.9. The summed E-state index contributed by atoms with van der Waals surface area (Å²) in [6, 6.07) is 13.1. The molecule has 2 aromatic carbocycles. The molecule has 1 nitrogen and oxygen atoms in total. The molecule has 1 N–H and O–H groups in total. The van der Waals surface area contributed by atoms with Gasteiger partial charge in [-0.25, -0.2) is 0 Å². The van der Waals surface area contributed by atoms with E-state index in [-0.39, 0.29) is 6.71 Å². The molecule has 0 aliphatic carbocycles. The third kappa shape index (κ3) is 7.35. The zero-order valence-electron chi connectivity index (χ0n) is 18.5. The molecule has 0 amide bonds. The number of nitrogens with one attached hydrogen (secondary N) is 1. The first-order valence-electron chi connectivity index (χ1n) is 11.1. The minimum absolute atomic E-state index is 0.286. The minimum atomic E-state index is 0.286. The van der Waals surface area contributed by atoms with E-state index in [0.717, 1.165) is 27.7 Å². The predicted molar refractivity (Wildman–Crippen MR) is 133 cm³/mol. The lowest BCUT2D eigenvalue weighted by molar-refractivity contribution is 0.564. The van der Waals surface area contributed by atoms with Crippen LogP contribution in [0.4, 0.5) is 0 Å². The van der Waals surface area contributed by atoms with Crippen LogP contribution in [-0.4, -0.2) is 20.3 Å². The van der Waals surface area contributed by atoms with E-state index in [1.54, 1.807) is 0 Å². The monoisotopic (exact) mass is 431 g/mol. The Morgan fingerprint density at radius 2 is 1.34 bits per heavy atom. The topological polar surface area (TPSA) is 12.0 Å². The van der Waals surface area contributed by atoms with Gasteiger partial charge in [0.2, 0.25) is 6.71 Å². The normalized spacial score (nSPS) is 12.2. The van der Waals surface area contributed by atoms with Gasteiger partial charge < -0.3 is 5.32 Å². The molecular weight excluding hydrogens is 396 g/mol. The molecule has 2 rings (SSSR count). The van der Waals surface area contributed by atoms with Crippen LogP contribution in [0.15, 0.2) is 36.4 Å². The van der Waals surface area contributed by atoms with E-state index >= 15 is 0 Å². The Morgan fingerprint density at radius 1 is 0.828 bits per heavy atom. The van der Waals surface area contributed by atoms with Crippen LogP contribution < -0.4 is 16.2 Å². The van der Waals surface area contributed by atoms with Gasteiger partial charge in [0.1, 0.15) is 0 Å². The predicted octanol–water partition coefficient (Wildman–Crippen LogP) is 6.56. The summed E-state index contributed by atoms with van der Waals surface area (Å²) in [5.41, 5.74) is 4.81. The zero-order chi connectivity index (χ0) is 21.2. The van der Waals surface area contributed by atoms with Crippen LogP contribution in [0, 0.1) is 13.8 Å². The van der Waals surface area contributed by atoms with E-state index in [1.807, 2.05) is 0 Å². The molecule has 0 aliphatic rings. The van der Waals surface area contributed by atoms with E-state index in [1.165, 1.54) is 55.9 Å². The highest BCUT2D eigenvalue weighted by molar-refractivity contribution is 6.86. The molecule has 29 heavy (non-hydrogen) atoms. The fourth-order valence-electron chi connectivity index (χ4n) is 4.18. The maximum absolute atomic E-state index is 6.52. The first-order chi connectivity index (χ1) is 14.0. The Kier molecular flexibility index (Phi) is 10.6. The van der Waals surface area contributed by atoms with Crippen molar-refractivity contribution in [3.05, 3.63) is 57.6 Å². The SMILES string of the molecule is CCCCCCCCC(CNC)B(c1ccc(C)c(Cl)c1)c1ccc(C)c(Cl)c1. The van der Waals surface area contributed by atoms with Crippen LogP contribution in [0.1, 0.15) is 63.0 Å². The number of rotatable bonds is 12. The third-order valence-corrected chi connectivity index (χ3v) is 6.79. The lowest BCUT2D eigenvalue weighted by Crippen LogP contribution is -2.48. The second-order valence-electron chi connectivity index (χ2n) is 8.37. The Balaban J connectivity index is 2.29. The standard InChI is InChI=1S/C25H36BCl2N/c1-5-6-7-8-9-10-11-23(18-29-4)26(21-14-12-19(2)24(27)16-21)22-15-13-20(3)25(28)17-22/h12-17,23,29H,5-11,18H2,1-4H3. The molecule has 1 atom stereocenters. The van der Waals surface area contributed by atoms with Gasteiger partial charge in [-0.1, -0.05) is 110 Å². The number of unbranched alkanes of at least 4 members (excludes halogenated alkanes) is 5. The Hall–Kier alpha value is -0.955. The second-order valence-corrected chi connectivity index (χ2v) is 9.18. The van der Waals surface area contributed by atoms with Gasteiger partial charge in [-0.15, -0.1) is 0 Å². The quantitative estimate of drug-likeness (QED) is 0.296. The van der Waals surface area contributed by atoms with E-state index in [0.29, 0.717) is 5.82 Å². The molecule has 0 bridgehead atoms. The van der Waals surface area contributed by atoms with Crippen LogP contribution in [0.5, 0.6) is 0 Å². The summed E-state index contributed by atoms with van der Waals surface area (Å²) < 4.78 is 0. The van der Waals surface area contributed by atoms with Crippen LogP contribution in [0.2, 0.25) is 15.9 Å². The van der Waals surface area contributed by atoms with Crippen molar-refractivity contribution in [2.45, 2.75) is 71.5 Å². The molecule has 0 saturated heterocycles. The molecule has 0 heterocycles. The van der Waals surface area contributed by atoms with Crippen LogP contribution in [-0.2, 0) is 0 Å². The largest absolute Gasteiger partial charge is 0.320 e. The number of hydrogen-bond donors (Lipinski definition) is 1. The summed E-state index contributed by atoms with van der Waals surface area (Å²) >= 11 is 13.0. The van der Waals surface area contributed by atoms with Gasteiger partial charge >= 0.3 is 0 Å². The van der Waals surface area contributed by atoms with Gasteiger partial charge in [0.25, 0.3) is 0 Å². The van der Waals surface area contributed by atoms with E-state index in [9.17, 15) is 0 Å². The molecule has 158 valence electrons. The molecule has 0 aromatic heterocycles. The Morgan fingerprint density at radius 3 is 1.83 bits per heavy atom. The van der Waals surface area contributed by atoms with Gasteiger partial charge in [-0.2, -0.15) is 0 Å². The lowest BCUT2D eigenvalue weighted by atomic mass is 9.33. The van der Waals surface area contributed by atoms with E-state index in [4.69, 9.17) is 23.2 Å². The van der Waals surface area contributed by atoms with Crippen molar-refractivity contribution in [1.82, 2.24) is 5.32 Å². The molecular formula is C25H36BCl2N. The van der Waals surface area contributed by atoms with Crippen LogP contribution in [0.3, 0.4) is 0 Å². The molecule has 1 unspecified atom stereocenters. The van der Waals surface area contributed by atoms with Crippen LogP contribution >= 0.6 is 23.2 Å². The fourth-order valence-corrected chi connectivity index (χ4v) is 4.56. The molecule has 2 aromatic rings. The highest BCUT2D eigenvalue weighted by atomic mass is 35.5. The average Bonchev–Trinajstić information content (AvgIpc) is 2.70. The van der Waals surface area contributed by atoms with Crippen molar-refractivity contribution in [1.29, 1.82) is 0 Å². The molecule has 0 spiro atoms. The highest BCUT2D eigenvalue weighted by Crippen LogP contribution is 2.23. The number of aryl methyl sites for hydroxylation is 2.